The molecule has 0 spiro atoms. The molecule has 4 aliphatic rings. The molecule has 3 aromatic rings. The van der Waals surface area contributed by atoms with E-state index in [1.165, 1.54) is 49.0 Å². The quantitative estimate of drug-likeness (QED) is 0.632. The Hall–Kier alpha value is -2.09. The number of aromatic nitrogens is 2. The Morgan fingerprint density at radius 2 is 1.54 bits per heavy atom. The molecule has 0 aliphatic heterocycles. The predicted molar refractivity (Wildman–Crippen MR) is 96.7 cm³/mol. The van der Waals surface area contributed by atoms with Crippen LogP contribution in [0, 0.1) is 17.8 Å². The van der Waals surface area contributed by atoms with Crippen LogP contribution < -0.4 is 0 Å². The summed E-state index contributed by atoms with van der Waals surface area (Å²) in [6.45, 7) is 0. The van der Waals surface area contributed by atoms with E-state index in [2.05, 4.69) is 59.2 Å². The maximum absolute atomic E-state index is 5.09. The zero-order valence-electron chi connectivity index (χ0n) is 13.9. The number of rotatable bonds is 2. The van der Waals surface area contributed by atoms with Gasteiger partial charge in [0, 0.05) is 11.1 Å². The lowest BCUT2D eigenvalue weighted by Crippen LogP contribution is -2.35. The van der Waals surface area contributed by atoms with E-state index in [-0.39, 0.29) is 0 Å². The Morgan fingerprint density at radius 1 is 0.833 bits per heavy atom. The standard InChI is InChI=1S/C22H22N2/c1-2-6-17(7-3-1)21-23-19-8-4-5-9-20(19)24(21)22-13-15-10-16(14-22)12-18(22)11-15/h1-9,15-16,18H,10-14H2. The van der Waals surface area contributed by atoms with Crippen LogP contribution in [0.1, 0.15) is 32.1 Å². The molecule has 2 atom stereocenters. The molecular formula is C22H22N2. The van der Waals surface area contributed by atoms with Gasteiger partial charge < -0.3 is 4.57 Å². The molecule has 2 aromatic carbocycles. The molecule has 4 saturated carbocycles. The highest BCUT2D eigenvalue weighted by Gasteiger charge is 2.59. The third kappa shape index (κ3) is 1.59. The lowest BCUT2D eigenvalue weighted by molar-refractivity contribution is 0.211. The Bertz CT molecular complexity index is 910. The summed E-state index contributed by atoms with van der Waals surface area (Å²) in [6.07, 6.45) is 7.10. The van der Waals surface area contributed by atoms with Gasteiger partial charge in [-0.25, -0.2) is 4.98 Å². The minimum absolute atomic E-state index is 0.328. The van der Waals surface area contributed by atoms with Crippen molar-refractivity contribution in [3.05, 3.63) is 54.6 Å². The molecule has 2 unspecified atom stereocenters. The summed E-state index contributed by atoms with van der Waals surface area (Å²) in [5, 5.41) is 0. The van der Waals surface area contributed by atoms with Crippen LogP contribution >= 0.6 is 0 Å². The fraction of sp³-hybridized carbons (Fsp3) is 0.409. The molecule has 24 heavy (non-hydrogen) atoms. The molecule has 0 saturated heterocycles. The van der Waals surface area contributed by atoms with E-state index in [0.29, 0.717) is 5.54 Å². The van der Waals surface area contributed by atoms with Crippen molar-refractivity contribution in [2.45, 2.75) is 37.6 Å². The van der Waals surface area contributed by atoms with E-state index >= 15 is 0 Å². The summed E-state index contributed by atoms with van der Waals surface area (Å²) in [5.74, 6) is 3.95. The summed E-state index contributed by atoms with van der Waals surface area (Å²) in [4.78, 5) is 5.09. The van der Waals surface area contributed by atoms with Gasteiger partial charge in [-0.2, -0.15) is 0 Å². The van der Waals surface area contributed by atoms with Gasteiger partial charge in [-0.15, -0.1) is 0 Å². The van der Waals surface area contributed by atoms with Crippen LogP contribution in [0.15, 0.2) is 54.6 Å². The fourth-order valence-electron chi connectivity index (χ4n) is 6.38. The molecule has 2 heteroatoms. The van der Waals surface area contributed by atoms with E-state index < -0.39 is 0 Å². The number of hydrogen-bond donors (Lipinski definition) is 0. The maximum atomic E-state index is 5.09. The van der Waals surface area contributed by atoms with Gasteiger partial charge in [0.2, 0.25) is 0 Å². The number of hydrogen-bond acceptors (Lipinski definition) is 1. The van der Waals surface area contributed by atoms with E-state index in [9.17, 15) is 0 Å². The van der Waals surface area contributed by atoms with Gasteiger partial charge in [0.05, 0.1) is 11.0 Å². The Kier molecular flexibility index (Phi) is 2.48. The van der Waals surface area contributed by atoms with E-state index in [1.807, 2.05) is 0 Å². The first-order chi connectivity index (χ1) is 11.8. The molecule has 7 rings (SSSR count). The molecular weight excluding hydrogens is 292 g/mol. The van der Waals surface area contributed by atoms with Gasteiger partial charge >= 0.3 is 0 Å². The summed E-state index contributed by atoms with van der Waals surface area (Å²) < 4.78 is 2.67. The zero-order valence-corrected chi connectivity index (χ0v) is 13.9. The zero-order chi connectivity index (χ0) is 15.7. The third-order valence-electron chi connectivity index (χ3n) is 6.98. The Balaban J connectivity index is 1.66. The lowest BCUT2D eigenvalue weighted by Gasteiger charge is -2.36. The maximum Gasteiger partial charge on any atom is 0.141 e. The minimum Gasteiger partial charge on any atom is -0.317 e. The number of nitrogens with zero attached hydrogens (tertiary/aromatic N) is 2. The monoisotopic (exact) mass is 314 g/mol. The van der Waals surface area contributed by atoms with Crippen molar-refractivity contribution >= 4 is 11.0 Å². The van der Waals surface area contributed by atoms with Gasteiger partial charge in [-0.1, -0.05) is 42.5 Å². The third-order valence-corrected chi connectivity index (χ3v) is 6.98. The largest absolute Gasteiger partial charge is 0.317 e. The highest BCUT2D eigenvalue weighted by Crippen LogP contribution is 2.65. The smallest absolute Gasteiger partial charge is 0.141 e. The average Bonchev–Trinajstić information content (AvgIpc) is 3.20. The minimum atomic E-state index is 0.328. The lowest BCUT2D eigenvalue weighted by atomic mass is 9.80. The SMILES string of the molecule is c1ccc(-c2nc3ccccc3n2C23CC4CC(CC2C4)C3)cc1. The second-order valence-electron chi connectivity index (χ2n) is 8.27. The molecule has 120 valence electrons. The van der Waals surface area contributed by atoms with Crippen molar-refractivity contribution in [3.63, 3.8) is 0 Å². The summed E-state index contributed by atoms with van der Waals surface area (Å²) in [7, 11) is 0. The second kappa shape index (κ2) is 4.50. The molecule has 1 aromatic heterocycles. The van der Waals surface area contributed by atoms with Crippen LogP contribution in [0.2, 0.25) is 0 Å². The Morgan fingerprint density at radius 3 is 2.33 bits per heavy atom. The highest BCUT2D eigenvalue weighted by atomic mass is 15.2. The van der Waals surface area contributed by atoms with E-state index in [4.69, 9.17) is 4.98 Å². The van der Waals surface area contributed by atoms with Crippen LogP contribution in [0.5, 0.6) is 0 Å². The van der Waals surface area contributed by atoms with E-state index in [0.717, 1.165) is 23.3 Å². The molecule has 0 N–H and O–H groups in total. The first kappa shape index (κ1) is 13.2. The van der Waals surface area contributed by atoms with Gasteiger partial charge in [0.25, 0.3) is 0 Å². The van der Waals surface area contributed by atoms with Crippen molar-refractivity contribution in [3.8, 4) is 11.4 Å². The Labute approximate surface area is 142 Å². The van der Waals surface area contributed by atoms with Crippen molar-refractivity contribution in [1.29, 1.82) is 0 Å². The number of benzene rings is 2. The molecule has 2 nitrogen and oxygen atoms in total. The molecule has 0 amide bonds. The normalized spacial score (nSPS) is 33.6. The predicted octanol–water partition coefficient (Wildman–Crippen LogP) is 5.24. The summed E-state index contributed by atoms with van der Waals surface area (Å²) >= 11 is 0. The van der Waals surface area contributed by atoms with Gasteiger partial charge in [-0.05, 0) is 62.0 Å². The van der Waals surface area contributed by atoms with Crippen molar-refractivity contribution in [2.24, 2.45) is 17.8 Å². The van der Waals surface area contributed by atoms with Gasteiger partial charge in [0.15, 0.2) is 0 Å². The highest BCUT2D eigenvalue weighted by molar-refractivity contribution is 5.81. The first-order valence-corrected chi connectivity index (χ1v) is 9.37. The van der Waals surface area contributed by atoms with Gasteiger partial charge in [-0.3, -0.25) is 0 Å². The van der Waals surface area contributed by atoms with Crippen LogP contribution in [-0.4, -0.2) is 9.55 Å². The number of fused-ring (bicyclic) bond motifs is 1. The second-order valence-corrected chi connectivity index (χ2v) is 8.27. The van der Waals surface area contributed by atoms with Crippen LogP contribution in [0.4, 0.5) is 0 Å². The average molecular weight is 314 g/mol. The van der Waals surface area contributed by atoms with Crippen molar-refractivity contribution in [2.75, 3.05) is 0 Å². The van der Waals surface area contributed by atoms with Crippen molar-refractivity contribution < 1.29 is 0 Å². The fourth-order valence-corrected chi connectivity index (χ4v) is 6.38. The summed E-state index contributed by atoms with van der Waals surface area (Å²) in [5.41, 5.74) is 4.07. The molecule has 4 aliphatic carbocycles. The number of imidazole rings is 1. The van der Waals surface area contributed by atoms with Crippen LogP contribution in [0.25, 0.3) is 22.4 Å². The van der Waals surface area contributed by atoms with Crippen LogP contribution in [-0.2, 0) is 5.54 Å². The van der Waals surface area contributed by atoms with Gasteiger partial charge in [0.1, 0.15) is 5.82 Å². The summed E-state index contributed by atoms with van der Waals surface area (Å²) in [6, 6.07) is 19.5. The topological polar surface area (TPSA) is 17.8 Å². The first-order valence-electron chi connectivity index (χ1n) is 9.37. The molecule has 4 fully saturated rings. The van der Waals surface area contributed by atoms with E-state index in [1.54, 1.807) is 0 Å². The number of para-hydroxylation sites is 2. The molecule has 4 bridgehead atoms. The molecule has 0 radical (unpaired) electrons. The van der Waals surface area contributed by atoms with Crippen molar-refractivity contribution in [1.82, 2.24) is 9.55 Å². The van der Waals surface area contributed by atoms with Crippen LogP contribution in [0.3, 0.4) is 0 Å². The molecule has 1 heterocycles.